The van der Waals surface area contributed by atoms with Crippen LogP contribution in [0.1, 0.15) is 11.1 Å². The number of rotatable bonds is 6. The molecule has 0 radical (unpaired) electrons. The van der Waals surface area contributed by atoms with E-state index in [0.29, 0.717) is 28.3 Å². The number of aryl methyl sites for hydroxylation is 1. The Morgan fingerprint density at radius 3 is 2.39 bits per heavy atom. The third kappa shape index (κ3) is 3.68. The van der Waals surface area contributed by atoms with Crippen molar-refractivity contribution in [3.63, 3.8) is 0 Å². The fraction of sp³-hybridized carbons (Fsp3) is 0.250. The van der Waals surface area contributed by atoms with Crippen molar-refractivity contribution in [2.45, 2.75) is 13.5 Å². The summed E-state index contributed by atoms with van der Waals surface area (Å²) in [4.78, 5) is 10.8. The van der Waals surface area contributed by atoms with Gasteiger partial charge in [-0.1, -0.05) is 0 Å². The zero-order valence-corrected chi connectivity index (χ0v) is 13.1. The Bertz CT molecular complexity index is 734. The highest BCUT2D eigenvalue weighted by Crippen LogP contribution is 2.34. The van der Waals surface area contributed by atoms with Crippen LogP contribution in [-0.2, 0) is 6.54 Å². The van der Waals surface area contributed by atoms with Crippen LogP contribution in [-0.4, -0.2) is 19.1 Å². The Hall–Kier alpha value is -2.83. The number of methoxy groups -OCH3 is 2. The molecule has 2 aromatic carbocycles. The minimum absolute atomic E-state index is 0.0742. The largest absolute Gasteiger partial charge is 0.493 e. The maximum Gasteiger partial charge on any atom is 0.278 e. The number of hydrogen-bond donors (Lipinski definition) is 1. The van der Waals surface area contributed by atoms with Crippen LogP contribution in [0.25, 0.3) is 0 Å². The van der Waals surface area contributed by atoms with Crippen LogP contribution in [0, 0.1) is 22.9 Å². The van der Waals surface area contributed by atoms with E-state index < -0.39 is 4.92 Å². The summed E-state index contributed by atoms with van der Waals surface area (Å²) in [6, 6.07) is 7.21. The molecule has 0 atom stereocenters. The second-order valence-corrected chi connectivity index (χ2v) is 4.91. The number of ether oxygens (including phenoxy) is 2. The van der Waals surface area contributed by atoms with Crippen LogP contribution in [0.3, 0.4) is 0 Å². The number of hydrogen-bond acceptors (Lipinski definition) is 5. The maximum atomic E-state index is 13.1. The van der Waals surface area contributed by atoms with Gasteiger partial charge in [-0.15, -0.1) is 0 Å². The van der Waals surface area contributed by atoms with Gasteiger partial charge in [-0.05, 0) is 36.8 Å². The highest BCUT2D eigenvalue weighted by Gasteiger charge is 2.19. The smallest absolute Gasteiger partial charge is 0.278 e. The molecule has 7 heteroatoms. The van der Waals surface area contributed by atoms with E-state index in [4.69, 9.17) is 9.47 Å². The summed E-state index contributed by atoms with van der Waals surface area (Å²) in [5.74, 6) is 0.372. The summed E-state index contributed by atoms with van der Waals surface area (Å²) >= 11 is 0. The van der Waals surface area contributed by atoms with Gasteiger partial charge >= 0.3 is 0 Å². The molecule has 0 amide bonds. The monoisotopic (exact) mass is 320 g/mol. The molecule has 6 nitrogen and oxygen atoms in total. The van der Waals surface area contributed by atoms with E-state index in [-0.39, 0.29) is 18.0 Å². The number of anilines is 1. The molecule has 2 aromatic rings. The molecule has 2 rings (SSSR count). The molecule has 0 aromatic heterocycles. The Labute approximate surface area is 133 Å². The standard InChI is InChI=1S/C16H17FN2O4/c1-10-6-12(17)4-5-13(10)18-9-11-7-15(22-2)16(23-3)8-14(11)19(20)21/h4-8,18H,9H2,1-3H3. The van der Waals surface area contributed by atoms with E-state index >= 15 is 0 Å². The van der Waals surface area contributed by atoms with Gasteiger partial charge in [0.05, 0.1) is 30.8 Å². The summed E-state index contributed by atoms with van der Waals surface area (Å²) in [5, 5.41) is 14.3. The molecule has 0 aliphatic heterocycles. The molecule has 0 spiro atoms. The van der Waals surface area contributed by atoms with Gasteiger partial charge in [0.15, 0.2) is 11.5 Å². The molecule has 0 aliphatic carbocycles. The van der Waals surface area contributed by atoms with Crippen molar-refractivity contribution < 1.29 is 18.8 Å². The van der Waals surface area contributed by atoms with Gasteiger partial charge < -0.3 is 14.8 Å². The van der Waals surface area contributed by atoms with Gasteiger partial charge in [-0.25, -0.2) is 4.39 Å². The first-order valence-electron chi connectivity index (χ1n) is 6.85. The van der Waals surface area contributed by atoms with Gasteiger partial charge in [-0.3, -0.25) is 10.1 Å². The third-order valence-corrected chi connectivity index (χ3v) is 3.44. The third-order valence-electron chi connectivity index (χ3n) is 3.44. The number of nitrogens with one attached hydrogen (secondary N) is 1. The molecule has 0 aliphatic rings. The van der Waals surface area contributed by atoms with Crippen molar-refractivity contribution >= 4 is 11.4 Å². The molecule has 0 fully saturated rings. The number of nitrogens with zero attached hydrogens (tertiary/aromatic N) is 1. The lowest BCUT2D eigenvalue weighted by Gasteiger charge is -2.13. The molecule has 1 N–H and O–H groups in total. The van der Waals surface area contributed by atoms with Crippen molar-refractivity contribution in [2.24, 2.45) is 0 Å². The maximum absolute atomic E-state index is 13.1. The number of nitro benzene ring substituents is 1. The van der Waals surface area contributed by atoms with Gasteiger partial charge in [-0.2, -0.15) is 0 Å². The lowest BCUT2D eigenvalue weighted by atomic mass is 10.1. The Morgan fingerprint density at radius 1 is 1.17 bits per heavy atom. The number of benzene rings is 2. The second-order valence-electron chi connectivity index (χ2n) is 4.91. The molecule has 23 heavy (non-hydrogen) atoms. The van der Waals surface area contributed by atoms with E-state index in [0.717, 1.165) is 0 Å². The average molecular weight is 320 g/mol. The van der Waals surface area contributed by atoms with E-state index in [1.807, 2.05) is 0 Å². The predicted molar refractivity (Wildman–Crippen MR) is 84.7 cm³/mol. The quantitative estimate of drug-likeness (QED) is 0.649. The fourth-order valence-corrected chi connectivity index (χ4v) is 2.24. The molecule has 0 unspecified atom stereocenters. The molecular weight excluding hydrogens is 303 g/mol. The lowest BCUT2D eigenvalue weighted by molar-refractivity contribution is -0.385. The van der Waals surface area contributed by atoms with Crippen LogP contribution in [0.5, 0.6) is 11.5 Å². The molecular formula is C16H17FN2O4. The van der Waals surface area contributed by atoms with Gasteiger partial charge in [0.25, 0.3) is 5.69 Å². The number of nitro groups is 1. The minimum Gasteiger partial charge on any atom is -0.493 e. The zero-order chi connectivity index (χ0) is 17.0. The Morgan fingerprint density at radius 2 is 1.83 bits per heavy atom. The zero-order valence-electron chi connectivity index (χ0n) is 13.1. The predicted octanol–water partition coefficient (Wildman–Crippen LogP) is 3.67. The first-order chi connectivity index (χ1) is 11.0. The van der Waals surface area contributed by atoms with E-state index in [1.54, 1.807) is 19.1 Å². The Balaban J connectivity index is 2.32. The first kappa shape index (κ1) is 16.5. The SMILES string of the molecule is COc1cc(CNc2ccc(F)cc2C)c([N+](=O)[O-])cc1OC. The highest BCUT2D eigenvalue weighted by molar-refractivity contribution is 5.57. The van der Waals surface area contributed by atoms with E-state index in [9.17, 15) is 14.5 Å². The van der Waals surface area contributed by atoms with Crippen LogP contribution < -0.4 is 14.8 Å². The highest BCUT2D eigenvalue weighted by atomic mass is 19.1. The lowest BCUT2D eigenvalue weighted by Crippen LogP contribution is -2.05. The van der Waals surface area contributed by atoms with Gasteiger partial charge in [0.2, 0.25) is 0 Å². The van der Waals surface area contributed by atoms with Crippen molar-refractivity contribution in [3.05, 3.63) is 57.4 Å². The molecule has 0 saturated heterocycles. The second kappa shape index (κ2) is 6.95. The minimum atomic E-state index is -0.476. The topological polar surface area (TPSA) is 73.6 Å². The van der Waals surface area contributed by atoms with Crippen molar-refractivity contribution in [3.8, 4) is 11.5 Å². The molecule has 0 saturated carbocycles. The van der Waals surface area contributed by atoms with Crippen LogP contribution in [0.15, 0.2) is 30.3 Å². The normalized spacial score (nSPS) is 10.3. The van der Waals surface area contributed by atoms with Crippen LogP contribution >= 0.6 is 0 Å². The van der Waals surface area contributed by atoms with Crippen molar-refractivity contribution in [1.82, 2.24) is 0 Å². The first-order valence-corrected chi connectivity index (χ1v) is 6.85. The molecule has 122 valence electrons. The summed E-state index contributed by atoms with van der Waals surface area (Å²) in [6.45, 7) is 1.96. The number of halogens is 1. The summed E-state index contributed by atoms with van der Waals surface area (Å²) in [5.41, 5.74) is 1.79. The summed E-state index contributed by atoms with van der Waals surface area (Å²) < 4.78 is 23.4. The van der Waals surface area contributed by atoms with Gasteiger partial charge in [0, 0.05) is 12.2 Å². The van der Waals surface area contributed by atoms with Crippen LogP contribution in [0.4, 0.5) is 15.8 Å². The van der Waals surface area contributed by atoms with Crippen LogP contribution in [0.2, 0.25) is 0 Å². The summed E-state index contributed by atoms with van der Waals surface area (Å²) in [7, 11) is 2.88. The Kier molecular flexibility index (Phi) is 5.00. The molecule has 0 heterocycles. The van der Waals surface area contributed by atoms with Gasteiger partial charge in [0.1, 0.15) is 5.82 Å². The van der Waals surface area contributed by atoms with Crippen molar-refractivity contribution in [2.75, 3.05) is 19.5 Å². The average Bonchev–Trinajstić information content (AvgIpc) is 2.53. The van der Waals surface area contributed by atoms with Crippen molar-refractivity contribution in [1.29, 1.82) is 0 Å². The van der Waals surface area contributed by atoms with E-state index in [2.05, 4.69) is 5.32 Å². The summed E-state index contributed by atoms with van der Waals surface area (Å²) in [6.07, 6.45) is 0. The van der Waals surface area contributed by atoms with E-state index in [1.165, 1.54) is 32.4 Å². The fourth-order valence-electron chi connectivity index (χ4n) is 2.24. The molecule has 0 bridgehead atoms.